The van der Waals surface area contributed by atoms with Gasteiger partial charge in [0, 0.05) is 11.1 Å². The van der Waals surface area contributed by atoms with Crippen molar-refractivity contribution in [2.45, 2.75) is 4.90 Å². The Balaban J connectivity index is 2.46. The van der Waals surface area contributed by atoms with Gasteiger partial charge in [-0.2, -0.15) is 0 Å². The van der Waals surface area contributed by atoms with Crippen molar-refractivity contribution in [3.05, 3.63) is 18.3 Å². The van der Waals surface area contributed by atoms with Gasteiger partial charge in [-0.1, -0.05) is 0 Å². The van der Waals surface area contributed by atoms with E-state index in [2.05, 4.69) is 9.72 Å². The Morgan fingerprint density at radius 1 is 1.69 bits per heavy atom. The molecule has 0 aliphatic rings. The Bertz CT molecular complexity index is 287. The van der Waals surface area contributed by atoms with Crippen molar-refractivity contribution in [1.29, 1.82) is 0 Å². The van der Waals surface area contributed by atoms with Crippen molar-refractivity contribution >= 4 is 23.5 Å². The van der Waals surface area contributed by atoms with Gasteiger partial charge in [0.05, 0.1) is 12.9 Å². The van der Waals surface area contributed by atoms with Gasteiger partial charge in [0.1, 0.15) is 5.82 Å². The number of carbonyl (C=O) groups excluding carboxylic acids is 1. The molecule has 0 radical (unpaired) electrons. The first kappa shape index (κ1) is 9.85. The second kappa shape index (κ2) is 4.71. The zero-order valence-corrected chi connectivity index (χ0v) is 8.00. The van der Waals surface area contributed by atoms with Gasteiger partial charge in [0.2, 0.25) is 0 Å². The summed E-state index contributed by atoms with van der Waals surface area (Å²) in [7, 11) is 1.37. The van der Waals surface area contributed by atoms with E-state index < -0.39 is 0 Å². The monoisotopic (exact) mass is 198 g/mol. The molecular weight excluding hydrogens is 188 g/mol. The normalized spacial score (nSPS) is 9.62. The number of anilines is 1. The van der Waals surface area contributed by atoms with E-state index in [1.807, 2.05) is 6.07 Å². The van der Waals surface area contributed by atoms with Crippen molar-refractivity contribution < 1.29 is 9.53 Å². The maximum Gasteiger partial charge on any atom is 0.315 e. The van der Waals surface area contributed by atoms with Crippen LogP contribution in [0.3, 0.4) is 0 Å². The van der Waals surface area contributed by atoms with E-state index in [4.69, 9.17) is 5.73 Å². The number of nitrogens with two attached hydrogens (primary N) is 1. The van der Waals surface area contributed by atoms with Crippen molar-refractivity contribution in [2.24, 2.45) is 0 Å². The molecule has 0 fully saturated rings. The molecule has 70 valence electrons. The topological polar surface area (TPSA) is 65.2 Å². The van der Waals surface area contributed by atoms with Crippen LogP contribution in [0.4, 0.5) is 5.82 Å². The molecule has 2 N–H and O–H groups in total. The lowest BCUT2D eigenvalue weighted by Crippen LogP contribution is -2.02. The van der Waals surface area contributed by atoms with Crippen LogP contribution >= 0.6 is 11.8 Å². The lowest BCUT2D eigenvalue weighted by molar-refractivity contribution is -0.137. The first-order chi connectivity index (χ1) is 6.22. The molecule has 0 atom stereocenters. The lowest BCUT2D eigenvalue weighted by Gasteiger charge is -1.99. The number of methoxy groups -OCH3 is 1. The zero-order chi connectivity index (χ0) is 9.68. The number of esters is 1. The maximum absolute atomic E-state index is 10.8. The summed E-state index contributed by atoms with van der Waals surface area (Å²) in [5, 5.41) is 0. The van der Waals surface area contributed by atoms with Crippen molar-refractivity contribution in [3.8, 4) is 0 Å². The Morgan fingerprint density at radius 3 is 3.00 bits per heavy atom. The molecule has 4 nitrogen and oxygen atoms in total. The lowest BCUT2D eigenvalue weighted by atomic mass is 10.5. The molecule has 0 aromatic carbocycles. The molecule has 1 aromatic heterocycles. The highest BCUT2D eigenvalue weighted by Crippen LogP contribution is 2.16. The average molecular weight is 198 g/mol. The molecule has 0 bridgehead atoms. The Kier molecular flexibility index (Phi) is 3.57. The summed E-state index contributed by atoms with van der Waals surface area (Å²) in [5.74, 6) is 0.520. The van der Waals surface area contributed by atoms with Crippen LogP contribution in [0.15, 0.2) is 23.2 Å². The van der Waals surface area contributed by atoms with Gasteiger partial charge in [0.25, 0.3) is 0 Å². The van der Waals surface area contributed by atoms with Gasteiger partial charge in [-0.25, -0.2) is 4.98 Å². The Hall–Kier alpha value is -1.23. The van der Waals surface area contributed by atoms with Crippen LogP contribution in [0.1, 0.15) is 0 Å². The van der Waals surface area contributed by atoms with Gasteiger partial charge >= 0.3 is 5.97 Å². The molecule has 13 heavy (non-hydrogen) atoms. The number of hydrogen-bond acceptors (Lipinski definition) is 5. The van der Waals surface area contributed by atoms with Crippen LogP contribution in [0.2, 0.25) is 0 Å². The largest absolute Gasteiger partial charge is 0.468 e. The second-order valence-corrected chi connectivity index (χ2v) is 3.33. The molecule has 0 saturated carbocycles. The molecule has 5 heteroatoms. The predicted molar refractivity (Wildman–Crippen MR) is 51.4 cm³/mol. The summed E-state index contributed by atoms with van der Waals surface area (Å²) < 4.78 is 4.49. The third kappa shape index (κ3) is 3.33. The highest BCUT2D eigenvalue weighted by molar-refractivity contribution is 8.00. The summed E-state index contributed by atoms with van der Waals surface area (Å²) in [5.41, 5.74) is 5.40. The molecule has 1 rings (SSSR count). The van der Waals surface area contributed by atoms with Crippen LogP contribution < -0.4 is 5.73 Å². The number of aromatic nitrogens is 1. The fourth-order valence-electron chi connectivity index (χ4n) is 0.678. The summed E-state index contributed by atoms with van der Waals surface area (Å²) in [6.45, 7) is 0. The van der Waals surface area contributed by atoms with E-state index in [1.54, 1.807) is 12.3 Å². The molecule has 0 aliphatic heterocycles. The molecular formula is C8H10N2O2S. The minimum absolute atomic E-state index is 0.248. The third-order valence-corrected chi connectivity index (χ3v) is 2.30. The summed E-state index contributed by atoms with van der Waals surface area (Å²) in [6, 6.07) is 3.51. The van der Waals surface area contributed by atoms with E-state index in [1.165, 1.54) is 18.9 Å². The van der Waals surface area contributed by atoms with Crippen LogP contribution in [0, 0.1) is 0 Å². The van der Waals surface area contributed by atoms with Crippen LogP contribution in [-0.4, -0.2) is 23.8 Å². The van der Waals surface area contributed by atoms with Crippen LogP contribution in [-0.2, 0) is 9.53 Å². The number of ether oxygens (including phenoxy) is 1. The van der Waals surface area contributed by atoms with E-state index in [-0.39, 0.29) is 5.97 Å². The SMILES string of the molecule is COC(=O)CSc1ccc(N)nc1. The molecule has 0 aliphatic carbocycles. The van der Waals surface area contributed by atoms with E-state index in [0.29, 0.717) is 11.6 Å². The molecule has 0 spiro atoms. The molecule has 1 aromatic rings. The van der Waals surface area contributed by atoms with Crippen LogP contribution in [0.5, 0.6) is 0 Å². The Morgan fingerprint density at radius 2 is 2.46 bits per heavy atom. The average Bonchev–Trinajstić information content (AvgIpc) is 2.16. The quantitative estimate of drug-likeness (QED) is 0.578. The van der Waals surface area contributed by atoms with Crippen molar-refractivity contribution in [1.82, 2.24) is 4.98 Å². The van der Waals surface area contributed by atoms with Crippen LogP contribution in [0.25, 0.3) is 0 Å². The van der Waals surface area contributed by atoms with Gasteiger partial charge in [-0.15, -0.1) is 11.8 Å². The maximum atomic E-state index is 10.8. The summed E-state index contributed by atoms with van der Waals surface area (Å²) >= 11 is 1.37. The fourth-order valence-corrected chi connectivity index (χ4v) is 1.37. The highest BCUT2D eigenvalue weighted by atomic mass is 32.2. The Labute approximate surface area is 80.5 Å². The number of nitrogens with zero attached hydrogens (tertiary/aromatic N) is 1. The van der Waals surface area contributed by atoms with E-state index >= 15 is 0 Å². The first-order valence-electron chi connectivity index (χ1n) is 3.63. The molecule has 0 amide bonds. The summed E-state index contributed by atoms with van der Waals surface area (Å²) in [6.07, 6.45) is 1.63. The highest BCUT2D eigenvalue weighted by Gasteiger charge is 2.01. The molecule has 0 unspecified atom stereocenters. The first-order valence-corrected chi connectivity index (χ1v) is 4.62. The van der Waals surface area contributed by atoms with E-state index in [9.17, 15) is 4.79 Å². The minimum Gasteiger partial charge on any atom is -0.468 e. The van der Waals surface area contributed by atoms with Gasteiger partial charge in [-0.05, 0) is 12.1 Å². The van der Waals surface area contributed by atoms with Gasteiger partial charge < -0.3 is 10.5 Å². The van der Waals surface area contributed by atoms with E-state index in [0.717, 1.165) is 4.90 Å². The fraction of sp³-hybridized carbons (Fsp3) is 0.250. The summed E-state index contributed by atoms with van der Waals surface area (Å²) in [4.78, 5) is 15.6. The third-order valence-electron chi connectivity index (χ3n) is 1.34. The number of pyridine rings is 1. The number of nitrogen functional groups attached to an aromatic ring is 1. The number of rotatable bonds is 3. The minimum atomic E-state index is -0.248. The smallest absolute Gasteiger partial charge is 0.315 e. The second-order valence-electron chi connectivity index (χ2n) is 2.28. The van der Waals surface area contributed by atoms with Gasteiger partial charge in [-0.3, -0.25) is 4.79 Å². The van der Waals surface area contributed by atoms with Crippen molar-refractivity contribution in [3.63, 3.8) is 0 Å². The van der Waals surface area contributed by atoms with Crippen molar-refractivity contribution in [2.75, 3.05) is 18.6 Å². The number of hydrogen-bond donors (Lipinski definition) is 1. The number of thioether (sulfide) groups is 1. The van der Waals surface area contributed by atoms with Gasteiger partial charge in [0.15, 0.2) is 0 Å². The standard InChI is InChI=1S/C8H10N2O2S/c1-12-8(11)5-13-6-2-3-7(9)10-4-6/h2-4H,5H2,1H3,(H2,9,10). The predicted octanol–water partition coefficient (Wildman–Crippen LogP) is 0.929. The molecule has 1 heterocycles. The number of carbonyl (C=O) groups is 1. The zero-order valence-electron chi connectivity index (χ0n) is 7.19. The molecule has 0 saturated heterocycles.